The highest BCUT2D eigenvalue weighted by Crippen LogP contribution is 2.36. The van der Waals surface area contributed by atoms with Crippen molar-refractivity contribution in [3.63, 3.8) is 0 Å². The Kier molecular flexibility index (Phi) is 0.775. The van der Waals surface area contributed by atoms with Crippen LogP contribution in [0, 0.1) is 5.92 Å². The minimum absolute atomic E-state index is 0.904. The van der Waals surface area contributed by atoms with Crippen LogP contribution in [0.4, 0.5) is 0 Å². The Balaban J connectivity index is 2.13. The molecule has 0 unspecified atom stereocenters. The molecular weight excluding hydrogens is 98.1 g/mol. The smallest absolute Gasteiger partial charge is 0.0576 e. The third-order valence-electron chi connectivity index (χ3n) is 1.72. The van der Waals surface area contributed by atoms with Crippen molar-refractivity contribution in [3.8, 4) is 0 Å². The molecule has 0 aromatic heterocycles. The zero-order valence-corrected chi connectivity index (χ0v) is 4.80. The van der Waals surface area contributed by atoms with E-state index in [-0.39, 0.29) is 0 Å². The van der Waals surface area contributed by atoms with Crippen LogP contribution in [0.1, 0.15) is 12.8 Å². The summed E-state index contributed by atoms with van der Waals surface area (Å²) < 4.78 is 0. The van der Waals surface area contributed by atoms with Gasteiger partial charge in [0.2, 0.25) is 0 Å². The second kappa shape index (κ2) is 1.44. The van der Waals surface area contributed by atoms with Crippen molar-refractivity contribution in [2.45, 2.75) is 12.8 Å². The van der Waals surface area contributed by atoms with Crippen molar-refractivity contribution in [2.75, 3.05) is 6.54 Å². The Labute approximate surface area is 49.1 Å². The molecule has 0 aromatic rings. The Bertz CT molecular complexity index is 152. The molecule has 2 rings (SSSR count). The summed E-state index contributed by atoms with van der Waals surface area (Å²) in [6.45, 7) is 0.936. The van der Waals surface area contributed by atoms with E-state index in [0.717, 1.165) is 12.5 Å². The molecule has 0 radical (unpaired) electrons. The van der Waals surface area contributed by atoms with E-state index in [1.807, 2.05) is 6.21 Å². The minimum Gasteiger partial charge on any atom is -0.289 e. The maximum atomic E-state index is 4.11. The zero-order chi connectivity index (χ0) is 5.40. The van der Waals surface area contributed by atoms with Crippen LogP contribution in [0.3, 0.4) is 0 Å². The molecule has 8 heavy (non-hydrogen) atoms. The quantitative estimate of drug-likeness (QED) is 0.480. The average molecular weight is 107 g/mol. The van der Waals surface area contributed by atoms with Gasteiger partial charge < -0.3 is 0 Å². The summed E-state index contributed by atoms with van der Waals surface area (Å²) in [6, 6.07) is 0. The monoisotopic (exact) mass is 107 g/mol. The molecule has 1 fully saturated rings. The molecule has 42 valence electrons. The van der Waals surface area contributed by atoms with Crippen molar-refractivity contribution in [1.82, 2.24) is 0 Å². The summed E-state index contributed by atoms with van der Waals surface area (Å²) >= 11 is 0. The lowest BCUT2D eigenvalue weighted by atomic mass is 10.2. The molecule has 0 atom stereocenters. The highest BCUT2D eigenvalue weighted by molar-refractivity contribution is 5.82. The summed E-state index contributed by atoms with van der Waals surface area (Å²) in [6.07, 6.45) is 7.06. The topological polar surface area (TPSA) is 12.4 Å². The lowest BCUT2D eigenvalue weighted by molar-refractivity contribution is 1.08. The molecule has 1 nitrogen and oxygen atoms in total. The van der Waals surface area contributed by atoms with Gasteiger partial charge in [0.25, 0.3) is 0 Å². The minimum atomic E-state index is 0.904. The fourth-order valence-electron chi connectivity index (χ4n) is 1.06. The first-order chi connectivity index (χ1) is 3.97. The van der Waals surface area contributed by atoms with Gasteiger partial charge >= 0.3 is 0 Å². The van der Waals surface area contributed by atoms with Gasteiger partial charge in [-0.3, -0.25) is 4.99 Å². The zero-order valence-electron chi connectivity index (χ0n) is 4.80. The lowest BCUT2D eigenvalue weighted by Crippen LogP contribution is -1.80. The van der Waals surface area contributed by atoms with Gasteiger partial charge in [0, 0.05) is 6.21 Å². The number of hydrogen-bond donors (Lipinski definition) is 0. The standard InChI is InChI=1S/C7H9N/c1-2-6(1)7-3-4-8-5-7/h3,5-6H,1-2,4H2. The average Bonchev–Trinajstić information content (AvgIpc) is 2.49. The molecule has 0 saturated heterocycles. The fourth-order valence-corrected chi connectivity index (χ4v) is 1.06. The van der Waals surface area contributed by atoms with Crippen molar-refractivity contribution >= 4 is 6.21 Å². The van der Waals surface area contributed by atoms with Crippen molar-refractivity contribution in [3.05, 3.63) is 11.6 Å². The van der Waals surface area contributed by atoms with Crippen LogP contribution < -0.4 is 0 Å². The molecule has 0 spiro atoms. The van der Waals surface area contributed by atoms with Gasteiger partial charge in [-0.05, 0) is 24.3 Å². The van der Waals surface area contributed by atoms with E-state index in [1.165, 1.54) is 18.4 Å². The summed E-state index contributed by atoms with van der Waals surface area (Å²) in [7, 11) is 0. The number of aliphatic imine (C=N–C) groups is 1. The SMILES string of the molecule is C1=NCC=C1C1CC1. The Morgan fingerprint density at radius 1 is 1.50 bits per heavy atom. The lowest BCUT2D eigenvalue weighted by Gasteiger charge is -1.85. The Morgan fingerprint density at radius 3 is 2.88 bits per heavy atom. The second-order valence-corrected chi connectivity index (χ2v) is 2.47. The van der Waals surface area contributed by atoms with Gasteiger partial charge in [-0.2, -0.15) is 0 Å². The van der Waals surface area contributed by atoms with Gasteiger partial charge in [-0.25, -0.2) is 0 Å². The highest BCUT2D eigenvalue weighted by atomic mass is 14.7. The normalized spacial score (nSPS) is 26.2. The summed E-state index contributed by atoms with van der Waals surface area (Å²) in [5, 5.41) is 0. The van der Waals surface area contributed by atoms with Gasteiger partial charge in [-0.15, -0.1) is 0 Å². The van der Waals surface area contributed by atoms with E-state index in [2.05, 4.69) is 11.1 Å². The maximum absolute atomic E-state index is 4.11. The molecule has 2 aliphatic rings. The van der Waals surface area contributed by atoms with Gasteiger partial charge in [0.15, 0.2) is 0 Å². The third kappa shape index (κ3) is 0.585. The molecule has 0 aromatic carbocycles. The molecule has 1 saturated carbocycles. The number of hydrogen-bond acceptors (Lipinski definition) is 1. The Morgan fingerprint density at radius 2 is 2.38 bits per heavy atom. The molecule has 1 heterocycles. The van der Waals surface area contributed by atoms with Crippen LogP contribution >= 0.6 is 0 Å². The van der Waals surface area contributed by atoms with Crippen LogP contribution in [0.25, 0.3) is 0 Å². The van der Waals surface area contributed by atoms with Crippen LogP contribution in [-0.2, 0) is 0 Å². The highest BCUT2D eigenvalue weighted by Gasteiger charge is 2.25. The van der Waals surface area contributed by atoms with Crippen LogP contribution in [0.2, 0.25) is 0 Å². The first-order valence-corrected chi connectivity index (χ1v) is 3.17. The maximum Gasteiger partial charge on any atom is 0.0576 e. The molecular formula is C7H9N. The van der Waals surface area contributed by atoms with E-state index in [1.54, 1.807) is 0 Å². The molecule has 1 heteroatoms. The van der Waals surface area contributed by atoms with Crippen molar-refractivity contribution in [2.24, 2.45) is 10.9 Å². The molecule has 0 N–H and O–H groups in total. The second-order valence-electron chi connectivity index (χ2n) is 2.47. The van der Waals surface area contributed by atoms with E-state index in [0.29, 0.717) is 0 Å². The van der Waals surface area contributed by atoms with E-state index in [9.17, 15) is 0 Å². The number of allylic oxidation sites excluding steroid dienone is 1. The predicted octanol–water partition coefficient (Wildman–Crippen LogP) is 1.41. The van der Waals surface area contributed by atoms with Gasteiger partial charge in [-0.1, -0.05) is 6.08 Å². The third-order valence-corrected chi connectivity index (χ3v) is 1.72. The first-order valence-electron chi connectivity index (χ1n) is 3.17. The molecule has 1 aliphatic carbocycles. The van der Waals surface area contributed by atoms with E-state index in [4.69, 9.17) is 0 Å². The molecule has 1 aliphatic heterocycles. The predicted molar refractivity (Wildman–Crippen MR) is 34.2 cm³/mol. The summed E-state index contributed by atoms with van der Waals surface area (Å²) in [5.74, 6) is 0.904. The van der Waals surface area contributed by atoms with Gasteiger partial charge in [0.1, 0.15) is 0 Å². The van der Waals surface area contributed by atoms with Crippen molar-refractivity contribution in [1.29, 1.82) is 0 Å². The molecule has 0 bridgehead atoms. The van der Waals surface area contributed by atoms with E-state index >= 15 is 0 Å². The number of rotatable bonds is 1. The summed E-state index contributed by atoms with van der Waals surface area (Å²) in [4.78, 5) is 4.11. The van der Waals surface area contributed by atoms with Crippen LogP contribution in [-0.4, -0.2) is 12.8 Å². The van der Waals surface area contributed by atoms with Crippen LogP contribution in [0.15, 0.2) is 16.6 Å². The van der Waals surface area contributed by atoms with E-state index < -0.39 is 0 Å². The van der Waals surface area contributed by atoms with Crippen molar-refractivity contribution < 1.29 is 0 Å². The fraction of sp³-hybridized carbons (Fsp3) is 0.571. The van der Waals surface area contributed by atoms with Crippen LogP contribution in [0.5, 0.6) is 0 Å². The first kappa shape index (κ1) is 4.30. The van der Waals surface area contributed by atoms with Gasteiger partial charge in [0.05, 0.1) is 6.54 Å². The number of nitrogens with zero attached hydrogens (tertiary/aromatic N) is 1. The molecule has 0 amide bonds. The largest absolute Gasteiger partial charge is 0.289 e. The Hall–Kier alpha value is -0.590. The summed E-state index contributed by atoms with van der Waals surface area (Å²) in [5.41, 5.74) is 1.49.